The fourth-order valence-electron chi connectivity index (χ4n) is 5.21. The summed E-state index contributed by atoms with van der Waals surface area (Å²) in [6, 6.07) is 0.731. The minimum atomic E-state index is -0.211. The van der Waals surface area contributed by atoms with Crippen molar-refractivity contribution in [2.75, 3.05) is 6.54 Å². The van der Waals surface area contributed by atoms with Gasteiger partial charge < -0.3 is 10.4 Å². The van der Waals surface area contributed by atoms with E-state index in [-0.39, 0.29) is 6.10 Å². The van der Waals surface area contributed by atoms with Gasteiger partial charge in [-0.3, -0.25) is 0 Å². The zero-order valence-corrected chi connectivity index (χ0v) is 15.6. The van der Waals surface area contributed by atoms with E-state index in [2.05, 4.69) is 38.2 Å². The lowest BCUT2D eigenvalue weighted by molar-refractivity contribution is 0.103. The molecule has 0 amide bonds. The van der Waals surface area contributed by atoms with Crippen LogP contribution >= 0.6 is 0 Å². The molecule has 132 valence electrons. The summed E-state index contributed by atoms with van der Waals surface area (Å²) in [5.74, 6) is 0.969. The third-order valence-corrected chi connectivity index (χ3v) is 6.89. The Bertz CT molecular complexity index is 607. The lowest BCUT2D eigenvalue weighted by Gasteiger charge is -2.41. The second kappa shape index (κ2) is 6.14. The Labute approximate surface area is 147 Å². The van der Waals surface area contributed by atoms with Crippen LogP contribution in [0.1, 0.15) is 65.7 Å². The Kier molecular flexibility index (Phi) is 4.25. The minimum Gasteiger partial charge on any atom is -0.392 e. The average Bonchev–Trinajstić information content (AvgIpc) is 3.30. The van der Waals surface area contributed by atoms with E-state index < -0.39 is 0 Å². The van der Waals surface area contributed by atoms with Crippen LogP contribution in [0.25, 0.3) is 0 Å². The Morgan fingerprint density at radius 3 is 2.71 bits per heavy atom. The summed E-state index contributed by atoms with van der Waals surface area (Å²) in [5.41, 5.74) is 6.49. The average molecular weight is 328 g/mol. The zero-order chi connectivity index (χ0) is 16.9. The van der Waals surface area contributed by atoms with Crippen molar-refractivity contribution < 1.29 is 5.11 Å². The maximum absolute atomic E-state index is 10.9. The van der Waals surface area contributed by atoms with E-state index >= 15 is 0 Å². The van der Waals surface area contributed by atoms with Gasteiger partial charge >= 0.3 is 0 Å². The second-order valence-electron chi connectivity index (χ2n) is 9.13. The first-order chi connectivity index (χ1) is 11.5. The third-order valence-electron chi connectivity index (χ3n) is 6.89. The van der Waals surface area contributed by atoms with Gasteiger partial charge in [0, 0.05) is 18.5 Å². The number of rotatable bonds is 4. The van der Waals surface area contributed by atoms with Crippen molar-refractivity contribution in [2.45, 2.75) is 77.9 Å². The van der Waals surface area contributed by atoms with E-state index in [0.29, 0.717) is 17.3 Å². The molecule has 2 heteroatoms. The van der Waals surface area contributed by atoms with Gasteiger partial charge in [-0.1, -0.05) is 44.1 Å². The summed E-state index contributed by atoms with van der Waals surface area (Å²) < 4.78 is 0. The highest BCUT2D eigenvalue weighted by Crippen LogP contribution is 2.57. The number of fused-ring (bicyclic) bond motifs is 3. The standard InChI is InChI=1S/C22H33NO/c1-14(2)17-8-10-22(3)11-9-18-19(21(17)22)7-4-15(12-20(18)24)13-23-16-5-6-16/h4,7,14,16,18,20,23-24H,5-6,8-13H2,1-3H3/t18-,20+,22-/m1/s1. The molecule has 0 radical (unpaired) electrons. The molecule has 0 aromatic heterocycles. The molecule has 3 atom stereocenters. The smallest absolute Gasteiger partial charge is 0.0646 e. The molecule has 2 fully saturated rings. The monoisotopic (exact) mass is 327 g/mol. The highest BCUT2D eigenvalue weighted by molar-refractivity contribution is 5.50. The van der Waals surface area contributed by atoms with Crippen LogP contribution in [0.2, 0.25) is 0 Å². The van der Waals surface area contributed by atoms with E-state index in [4.69, 9.17) is 0 Å². The molecular weight excluding hydrogens is 294 g/mol. The molecule has 2 nitrogen and oxygen atoms in total. The molecule has 0 aromatic carbocycles. The molecule has 0 unspecified atom stereocenters. The van der Waals surface area contributed by atoms with E-state index in [1.54, 1.807) is 11.1 Å². The molecule has 0 aliphatic heterocycles. The molecule has 0 aromatic rings. The molecule has 0 bridgehead atoms. The number of hydrogen-bond donors (Lipinski definition) is 2. The van der Waals surface area contributed by atoms with Gasteiger partial charge in [0.25, 0.3) is 0 Å². The Hall–Kier alpha value is -0.860. The zero-order valence-electron chi connectivity index (χ0n) is 15.6. The predicted molar refractivity (Wildman–Crippen MR) is 99.7 cm³/mol. The molecule has 0 saturated heterocycles. The van der Waals surface area contributed by atoms with E-state index in [1.165, 1.54) is 43.3 Å². The van der Waals surface area contributed by atoms with Gasteiger partial charge in [0.05, 0.1) is 6.10 Å². The first-order valence-electron chi connectivity index (χ1n) is 10.0. The van der Waals surface area contributed by atoms with Crippen molar-refractivity contribution in [3.8, 4) is 0 Å². The summed E-state index contributed by atoms with van der Waals surface area (Å²) in [6.45, 7) is 8.09. The molecule has 24 heavy (non-hydrogen) atoms. The SMILES string of the molecule is CC(C)C1=C2C3=CC=C(CNC4CC4)C[C@H](O)[C@@H]3CC[C@@]2(C)CC1. The third kappa shape index (κ3) is 2.93. The molecular formula is C22H33NO. The second-order valence-corrected chi connectivity index (χ2v) is 9.13. The van der Waals surface area contributed by atoms with Crippen molar-refractivity contribution in [3.05, 3.63) is 34.4 Å². The Balaban J connectivity index is 1.67. The van der Waals surface area contributed by atoms with Crippen LogP contribution in [-0.4, -0.2) is 23.8 Å². The van der Waals surface area contributed by atoms with Gasteiger partial charge in [0.15, 0.2) is 0 Å². The van der Waals surface area contributed by atoms with Crippen LogP contribution in [0.5, 0.6) is 0 Å². The van der Waals surface area contributed by atoms with Gasteiger partial charge in [0.1, 0.15) is 0 Å². The van der Waals surface area contributed by atoms with Gasteiger partial charge in [-0.15, -0.1) is 0 Å². The lowest BCUT2D eigenvalue weighted by Crippen LogP contribution is -2.33. The van der Waals surface area contributed by atoms with Crippen LogP contribution in [0.3, 0.4) is 0 Å². The van der Waals surface area contributed by atoms with Crippen LogP contribution in [0.15, 0.2) is 34.4 Å². The first-order valence-corrected chi connectivity index (χ1v) is 10.0. The van der Waals surface area contributed by atoms with Crippen molar-refractivity contribution in [3.63, 3.8) is 0 Å². The van der Waals surface area contributed by atoms with E-state index in [0.717, 1.165) is 25.4 Å². The van der Waals surface area contributed by atoms with Crippen molar-refractivity contribution in [1.29, 1.82) is 0 Å². The van der Waals surface area contributed by atoms with E-state index in [9.17, 15) is 5.11 Å². The predicted octanol–water partition coefficient (Wildman–Crippen LogP) is 4.52. The Morgan fingerprint density at radius 2 is 2.00 bits per heavy atom. The van der Waals surface area contributed by atoms with Gasteiger partial charge in [-0.05, 0) is 67.4 Å². The molecule has 2 saturated carbocycles. The summed E-state index contributed by atoms with van der Waals surface area (Å²) in [7, 11) is 0. The van der Waals surface area contributed by atoms with Crippen molar-refractivity contribution in [2.24, 2.45) is 17.3 Å². The molecule has 0 heterocycles. The number of nitrogens with one attached hydrogen (secondary N) is 1. The van der Waals surface area contributed by atoms with Crippen LogP contribution in [0, 0.1) is 17.3 Å². The van der Waals surface area contributed by atoms with Crippen LogP contribution < -0.4 is 5.32 Å². The first kappa shape index (κ1) is 16.6. The summed E-state index contributed by atoms with van der Waals surface area (Å²) in [4.78, 5) is 0. The topological polar surface area (TPSA) is 32.3 Å². The van der Waals surface area contributed by atoms with Crippen LogP contribution in [-0.2, 0) is 0 Å². The molecule has 0 spiro atoms. The highest BCUT2D eigenvalue weighted by atomic mass is 16.3. The van der Waals surface area contributed by atoms with Crippen LogP contribution in [0.4, 0.5) is 0 Å². The lowest BCUT2D eigenvalue weighted by atomic mass is 9.64. The molecule has 2 N–H and O–H groups in total. The number of aliphatic hydroxyl groups is 1. The number of allylic oxidation sites excluding steroid dienone is 4. The van der Waals surface area contributed by atoms with E-state index in [1.807, 2.05) is 0 Å². The van der Waals surface area contributed by atoms with Crippen molar-refractivity contribution >= 4 is 0 Å². The molecule has 4 rings (SSSR count). The van der Waals surface area contributed by atoms with Crippen molar-refractivity contribution in [1.82, 2.24) is 5.32 Å². The van der Waals surface area contributed by atoms with Gasteiger partial charge in [-0.25, -0.2) is 0 Å². The fourth-order valence-corrected chi connectivity index (χ4v) is 5.21. The maximum Gasteiger partial charge on any atom is 0.0646 e. The van der Waals surface area contributed by atoms with Gasteiger partial charge in [-0.2, -0.15) is 0 Å². The largest absolute Gasteiger partial charge is 0.392 e. The normalized spacial score (nSPS) is 36.2. The fraction of sp³-hybridized carbons (Fsp3) is 0.727. The quantitative estimate of drug-likeness (QED) is 0.796. The Morgan fingerprint density at radius 1 is 1.21 bits per heavy atom. The summed E-state index contributed by atoms with van der Waals surface area (Å²) >= 11 is 0. The molecule has 4 aliphatic carbocycles. The molecule has 4 aliphatic rings. The van der Waals surface area contributed by atoms with Gasteiger partial charge in [0.2, 0.25) is 0 Å². The maximum atomic E-state index is 10.9. The summed E-state index contributed by atoms with van der Waals surface area (Å²) in [6.07, 6.45) is 12.9. The summed E-state index contributed by atoms with van der Waals surface area (Å²) in [5, 5.41) is 14.5. The number of aliphatic hydroxyl groups excluding tert-OH is 1. The minimum absolute atomic E-state index is 0.211. The highest BCUT2D eigenvalue weighted by Gasteiger charge is 2.46. The number of hydrogen-bond acceptors (Lipinski definition) is 2.